The fourth-order valence-electron chi connectivity index (χ4n) is 2.59. The van der Waals surface area contributed by atoms with Gasteiger partial charge in [-0.1, -0.05) is 13.0 Å². The highest BCUT2D eigenvalue weighted by Gasteiger charge is 2.37. The van der Waals surface area contributed by atoms with Crippen LogP contribution in [0, 0.1) is 18.7 Å². The van der Waals surface area contributed by atoms with E-state index in [1.807, 2.05) is 13.0 Å². The summed E-state index contributed by atoms with van der Waals surface area (Å²) in [5, 5.41) is 3.45. The molecule has 0 heterocycles. The average molecular weight is 251 g/mol. The first-order valence-corrected chi connectivity index (χ1v) is 6.69. The Bertz CT molecular complexity index is 403. The van der Waals surface area contributed by atoms with Gasteiger partial charge in [-0.05, 0) is 55.5 Å². The zero-order chi connectivity index (χ0) is 13.1. The number of aryl methyl sites for hydroxylation is 1. The Morgan fingerprint density at radius 3 is 2.72 bits per heavy atom. The monoisotopic (exact) mass is 251 g/mol. The molecule has 100 valence electrons. The zero-order valence-corrected chi connectivity index (χ0v) is 11.4. The van der Waals surface area contributed by atoms with Crippen LogP contribution in [0.5, 0.6) is 0 Å². The van der Waals surface area contributed by atoms with Gasteiger partial charge in [0.05, 0.1) is 12.1 Å². The van der Waals surface area contributed by atoms with E-state index in [4.69, 9.17) is 4.74 Å². The third-order valence-corrected chi connectivity index (χ3v) is 3.69. The van der Waals surface area contributed by atoms with Crippen molar-refractivity contribution in [1.82, 2.24) is 5.32 Å². The summed E-state index contributed by atoms with van der Waals surface area (Å²) in [6.45, 7) is 4.95. The number of rotatable bonds is 6. The molecule has 1 fully saturated rings. The van der Waals surface area contributed by atoms with E-state index in [-0.39, 0.29) is 18.0 Å². The molecule has 0 bridgehead atoms. The summed E-state index contributed by atoms with van der Waals surface area (Å²) in [7, 11) is 1.75. The zero-order valence-electron chi connectivity index (χ0n) is 11.4. The molecule has 2 unspecified atom stereocenters. The molecule has 2 rings (SSSR count). The normalized spacial score (nSPS) is 18.7. The highest BCUT2D eigenvalue weighted by molar-refractivity contribution is 5.31. The smallest absolute Gasteiger partial charge is 0.123 e. The van der Waals surface area contributed by atoms with Crippen molar-refractivity contribution in [2.24, 2.45) is 5.92 Å². The molecule has 1 aliphatic rings. The van der Waals surface area contributed by atoms with Gasteiger partial charge in [-0.3, -0.25) is 0 Å². The predicted octanol–water partition coefficient (Wildman–Crippen LogP) is 3.21. The summed E-state index contributed by atoms with van der Waals surface area (Å²) >= 11 is 0. The summed E-state index contributed by atoms with van der Waals surface area (Å²) < 4.78 is 19.1. The van der Waals surface area contributed by atoms with E-state index < -0.39 is 0 Å². The first-order valence-electron chi connectivity index (χ1n) is 6.69. The van der Waals surface area contributed by atoms with Crippen LogP contribution in [0.3, 0.4) is 0 Å². The number of hydrogen-bond acceptors (Lipinski definition) is 2. The predicted molar refractivity (Wildman–Crippen MR) is 71.1 cm³/mol. The van der Waals surface area contributed by atoms with Crippen LogP contribution in [0.25, 0.3) is 0 Å². The molecule has 18 heavy (non-hydrogen) atoms. The molecule has 1 aliphatic carbocycles. The number of methoxy groups -OCH3 is 1. The second-order valence-corrected chi connectivity index (χ2v) is 5.07. The summed E-state index contributed by atoms with van der Waals surface area (Å²) in [5.41, 5.74) is 2.14. The van der Waals surface area contributed by atoms with Crippen LogP contribution in [0.15, 0.2) is 18.2 Å². The molecule has 0 amide bonds. The fourth-order valence-corrected chi connectivity index (χ4v) is 2.59. The number of likely N-dealkylation sites (N-methyl/N-ethyl adjacent to an activating group) is 1. The van der Waals surface area contributed by atoms with Gasteiger partial charge in [-0.25, -0.2) is 4.39 Å². The molecule has 2 atom stereocenters. The SMILES string of the molecule is CCNC(c1cc(F)ccc1C)C(OC)C1CC1. The summed E-state index contributed by atoms with van der Waals surface area (Å²) in [4.78, 5) is 0. The Balaban J connectivity index is 2.30. The minimum absolute atomic E-state index is 0.0863. The van der Waals surface area contributed by atoms with Gasteiger partial charge < -0.3 is 10.1 Å². The van der Waals surface area contributed by atoms with Gasteiger partial charge in [0, 0.05) is 7.11 Å². The summed E-state index contributed by atoms with van der Waals surface area (Å²) in [5.74, 6) is 0.436. The number of halogens is 1. The average Bonchev–Trinajstić information content (AvgIpc) is 3.17. The highest BCUT2D eigenvalue weighted by Crippen LogP contribution is 2.40. The number of nitrogens with one attached hydrogen (secondary N) is 1. The molecule has 1 saturated carbocycles. The van der Waals surface area contributed by atoms with E-state index in [1.165, 1.54) is 18.9 Å². The lowest BCUT2D eigenvalue weighted by molar-refractivity contribution is 0.0509. The van der Waals surface area contributed by atoms with Gasteiger partial charge in [0.15, 0.2) is 0 Å². The van der Waals surface area contributed by atoms with Gasteiger partial charge in [-0.15, -0.1) is 0 Å². The maximum Gasteiger partial charge on any atom is 0.123 e. The Kier molecular flexibility index (Phi) is 4.36. The van der Waals surface area contributed by atoms with Crippen molar-refractivity contribution in [3.8, 4) is 0 Å². The molecule has 0 radical (unpaired) electrons. The van der Waals surface area contributed by atoms with Crippen LogP contribution < -0.4 is 5.32 Å². The molecule has 0 spiro atoms. The van der Waals surface area contributed by atoms with Crippen LogP contribution in [-0.2, 0) is 4.74 Å². The maximum absolute atomic E-state index is 13.5. The van der Waals surface area contributed by atoms with E-state index in [9.17, 15) is 4.39 Å². The number of benzene rings is 1. The first kappa shape index (κ1) is 13.5. The number of ether oxygens (including phenoxy) is 1. The van der Waals surface area contributed by atoms with Gasteiger partial charge in [-0.2, -0.15) is 0 Å². The van der Waals surface area contributed by atoms with Crippen molar-refractivity contribution < 1.29 is 9.13 Å². The molecular weight excluding hydrogens is 229 g/mol. The van der Waals surface area contributed by atoms with Crippen molar-refractivity contribution in [3.05, 3.63) is 35.1 Å². The van der Waals surface area contributed by atoms with Gasteiger partial charge in [0.25, 0.3) is 0 Å². The van der Waals surface area contributed by atoms with Gasteiger partial charge in [0.1, 0.15) is 5.82 Å². The first-order chi connectivity index (χ1) is 8.67. The van der Waals surface area contributed by atoms with Crippen molar-refractivity contribution in [3.63, 3.8) is 0 Å². The molecule has 1 N–H and O–H groups in total. The second kappa shape index (κ2) is 5.81. The largest absolute Gasteiger partial charge is 0.379 e. The van der Waals surface area contributed by atoms with Crippen molar-refractivity contribution in [2.45, 2.75) is 38.8 Å². The van der Waals surface area contributed by atoms with E-state index in [0.29, 0.717) is 5.92 Å². The molecule has 1 aromatic rings. The van der Waals surface area contributed by atoms with Crippen molar-refractivity contribution >= 4 is 0 Å². The Morgan fingerprint density at radius 2 is 2.17 bits per heavy atom. The van der Waals surface area contributed by atoms with Crippen LogP contribution in [-0.4, -0.2) is 19.8 Å². The topological polar surface area (TPSA) is 21.3 Å². The van der Waals surface area contributed by atoms with Crippen LogP contribution in [0.4, 0.5) is 4.39 Å². The van der Waals surface area contributed by atoms with Gasteiger partial charge in [0.2, 0.25) is 0 Å². The molecule has 0 aliphatic heterocycles. The lowest BCUT2D eigenvalue weighted by Gasteiger charge is -2.28. The molecule has 1 aromatic carbocycles. The lowest BCUT2D eigenvalue weighted by Crippen LogP contribution is -2.35. The maximum atomic E-state index is 13.5. The van der Waals surface area contributed by atoms with Crippen LogP contribution >= 0.6 is 0 Å². The highest BCUT2D eigenvalue weighted by atomic mass is 19.1. The third kappa shape index (κ3) is 2.90. The number of hydrogen-bond donors (Lipinski definition) is 1. The Hall–Kier alpha value is -0.930. The Labute approximate surface area is 109 Å². The van der Waals surface area contributed by atoms with E-state index in [1.54, 1.807) is 13.2 Å². The Morgan fingerprint density at radius 1 is 1.44 bits per heavy atom. The van der Waals surface area contributed by atoms with Crippen LogP contribution in [0.2, 0.25) is 0 Å². The van der Waals surface area contributed by atoms with Crippen molar-refractivity contribution in [2.75, 3.05) is 13.7 Å². The molecule has 0 aromatic heterocycles. The molecule has 3 heteroatoms. The third-order valence-electron chi connectivity index (χ3n) is 3.69. The van der Waals surface area contributed by atoms with Crippen LogP contribution in [0.1, 0.15) is 36.9 Å². The minimum atomic E-state index is -0.177. The molecule has 0 saturated heterocycles. The van der Waals surface area contributed by atoms with E-state index in [2.05, 4.69) is 12.2 Å². The van der Waals surface area contributed by atoms with E-state index in [0.717, 1.165) is 17.7 Å². The van der Waals surface area contributed by atoms with Gasteiger partial charge >= 0.3 is 0 Å². The quantitative estimate of drug-likeness (QED) is 0.838. The summed E-state index contributed by atoms with van der Waals surface area (Å²) in [6.07, 6.45) is 2.58. The lowest BCUT2D eigenvalue weighted by atomic mass is 9.94. The fraction of sp³-hybridized carbons (Fsp3) is 0.600. The standard InChI is InChI=1S/C15H22FNO/c1-4-17-14(15(18-3)11-6-7-11)13-9-12(16)8-5-10(13)2/h5,8-9,11,14-15,17H,4,6-7H2,1-3H3. The van der Waals surface area contributed by atoms with E-state index >= 15 is 0 Å². The minimum Gasteiger partial charge on any atom is -0.379 e. The molecule has 2 nitrogen and oxygen atoms in total. The summed E-state index contributed by atoms with van der Waals surface area (Å²) in [6, 6.07) is 5.08. The molecular formula is C15H22FNO. The van der Waals surface area contributed by atoms with Crippen molar-refractivity contribution in [1.29, 1.82) is 0 Å². The second-order valence-electron chi connectivity index (χ2n) is 5.07.